The van der Waals surface area contributed by atoms with Gasteiger partial charge < -0.3 is 14.4 Å². The Morgan fingerprint density at radius 2 is 2.26 bits per heavy atom. The van der Waals surface area contributed by atoms with Gasteiger partial charge in [-0.2, -0.15) is 0 Å². The molecular formula is C15H21N3O5. The lowest BCUT2D eigenvalue weighted by Crippen LogP contribution is -2.32. The van der Waals surface area contributed by atoms with Gasteiger partial charge in [0.05, 0.1) is 29.9 Å². The van der Waals surface area contributed by atoms with Crippen LogP contribution >= 0.6 is 0 Å². The summed E-state index contributed by atoms with van der Waals surface area (Å²) < 4.78 is 10.8. The van der Waals surface area contributed by atoms with Crippen LogP contribution in [-0.4, -0.2) is 56.3 Å². The number of nitro benzene ring substituents is 1. The van der Waals surface area contributed by atoms with E-state index < -0.39 is 11.0 Å². The first-order valence-electron chi connectivity index (χ1n) is 7.49. The molecule has 126 valence electrons. The molecule has 0 saturated heterocycles. The number of ether oxygens (including phenoxy) is 2. The maximum Gasteiger partial charge on any atom is 0.414 e. The second kappa shape index (κ2) is 7.77. The molecule has 8 nitrogen and oxygen atoms in total. The van der Waals surface area contributed by atoms with Crippen LogP contribution in [0.25, 0.3) is 0 Å². The lowest BCUT2D eigenvalue weighted by atomic mass is 10.2. The van der Waals surface area contributed by atoms with Crippen LogP contribution in [0.4, 0.5) is 16.2 Å². The third kappa shape index (κ3) is 4.56. The van der Waals surface area contributed by atoms with E-state index in [2.05, 4.69) is 0 Å². The third-order valence-electron chi connectivity index (χ3n) is 3.42. The smallest absolute Gasteiger partial charge is 0.414 e. The molecule has 1 heterocycles. The van der Waals surface area contributed by atoms with Crippen LogP contribution in [0, 0.1) is 10.1 Å². The highest BCUT2D eigenvalue weighted by molar-refractivity contribution is 5.90. The summed E-state index contributed by atoms with van der Waals surface area (Å²) in [5, 5.41) is 10.9. The SMILES string of the molecule is CN(C)CCCOC(=O)N1CCCOc2cc([N+](=O)[O-])ccc21. The van der Waals surface area contributed by atoms with Gasteiger partial charge >= 0.3 is 6.09 Å². The van der Waals surface area contributed by atoms with Crippen LogP contribution in [0.2, 0.25) is 0 Å². The summed E-state index contributed by atoms with van der Waals surface area (Å²) in [5.74, 6) is 0.335. The molecule has 0 aliphatic carbocycles. The van der Waals surface area contributed by atoms with E-state index in [-0.39, 0.29) is 5.69 Å². The monoisotopic (exact) mass is 323 g/mol. The van der Waals surface area contributed by atoms with Gasteiger partial charge in [-0.1, -0.05) is 0 Å². The molecular weight excluding hydrogens is 302 g/mol. The topological polar surface area (TPSA) is 85.2 Å². The van der Waals surface area contributed by atoms with Crippen molar-refractivity contribution in [2.75, 3.05) is 45.3 Å². The van der Waals surface area contributed by atoms with Crippen LogP contribution in [0.5, 0.6) is 5.75 Å². The number of rotatable bonds is 5. The normalized spacial score (nSPS) is 14.0. The minimum absolute atomic E-state index is 0.0649. The number of amides is 1. The largest absolute Gasteiger partial charge is 0.491 e. The van der Waals surface area contributed by atoms with Gasteiger partial charge in [0.25, 0.3) is 5.69 Å². The zero-order chi connectivity index (χ0) is 16.8. The first-order valence-corrected chi connectivity index (χ1v) is 7.49. The molecule has 0 N–H and O–H groups in total. The summed E-state index contributed by atoms with van der Waals surface area (Å²) in [6.07, 6.45) is 0.926. The van der Waals surface area contributed by atoms with E-state index in [0.29, 0.717) is 37.6 Å². The van der Waals surface area contributed by atoms with E-state index >= 15 is 0 Å². The van der Waals surface area contributed by atoms with Crippen LogP contribution in [0.1, 0.15) is 12.8 Å². The van der Waals surface area contributed by atoms with Gasteiger partial charge in [-0.25, -0.2) is 4.79 Å². The predicted octanol–water partition coefficient (Wildman–Crippen LogP) is 2.27. The average Bonchev–Trinajstić information content (AvgIpc) is 2.72. The fourth-order valence-electron chi connectivity index (χ4n) is 2.29. The first kappa shape index (κ1) is 17.0. The molecule has 1 aromatic carbocycles. The number of hydrogen-bond donors (Lipinski definition) is 0. The summed E-state index contributed by atoms with van der Waals surface area (Å²) in [6, 6.07) is 4.23. The second-order valence-electron chi connectivity index (χ2n) is 5.53. The van der Waals surface area contributed by atoms with Crippen molar-refractivity contribution in [1.82, 2.24) is 4.90 Å². The molecule has 2 rings (SSSR count). The Kier molecular flexibility index (Phi) is 5.75. The highest BCUT2D eigenvalue weighted by Crippen LogP contribution is 2.34. The maximum absolute atomic E-state index is 12.3. The molecule has 0 fully saturated rings. The van der Waals surface area contributed by atoms with Gasteiger partial charge in [0.2, 0.25) is 0 Å². The number of fused-ring (bicyclic) bond motifs is 1. The van der Waals surface area contributed by atoms with Crippen molar-refractivity contribution < 1.29 is 19.2 Å². The summed E-state index contributed by atoms with van der Waals surface area (Å²) >= 11 is 0. The molecule has 1 amide bonds. The minimum Gasteiger partial charge on any atom is -0.491 e. The van der Waals surface area contributed by atoms with E-state index in [1.54, 1.807) is 0 Å². The maximum atomic E-state index is 12.3. The Morgan fingerprint density at radius 3 is 2.96 bits per heavy atom. The molecule has 0 aromatic heterocycles. The highest BCUT2D eigenvalue weighted by Gasteiger charge is 2.25. The lowest BCUT2D eigenvalue weighted by molar-refractivity contribution is -0.384. The number of hydrogen-bond acceptors (Lipinski definition) is 6. The second-order valence-corrected chi connectivity index (χ2v) is 5.53. The standard InChI is InChI=1S/C15H21N3O5/c1-16(2)7-3-10-23-15(19)17-8-4-9-22-14-11-12(18(20)21)5-6-13(14)17/h5-6,11H,3-4,7-10H2,1-2H3. The van der Waals surface area contributed by atoms with E-state index in [0.717, 1.165) is 13.0 Å². The molecule has 0 radical (unpaired) electrons. The molecule has 0 saturated carbocycles. The molecule has 1 aromatic rings. The fraction of sp³-hybridized carbons (Fsp3) is 0.533. The van der Waals surface area contributed by atoms with Crippen LogP contribution < -0.4 is 9.64 Å². The van der Waals surface area contributed by atoms with Crippen molar-refractivity contribution in [1.29, 1.82) is 0 Å². The van der Waals surface area contributed by atoms with E-state index in [4.69, 9.17) is 9.47 Å². The van der Waals surface area contributed by atoms with Gasteiger partial charge in [0, 0.05) is 19.2 Å². The highest BCUT2D eigenvalue weighted by atomic mass is 16.6. The Labute approximate surface area is 134 Å². The third-order valence-corrected chi connectivity index (χ3v) is 3.42. The first-order chi connectivity index (χ1) is 11.0. The quantitative estimate of drug-likeness (QED) is 0.469. The number of anilines is 1. The zero-order valence-electron chi connectivity index (χ0n) is 13.4. The van der Waals surface area contributed by atoms with Crippen LogP contribution in [-0.2, 0) is 4.74 Å². The van der Waals surface area contributed by atoms with E-state index in [1.165, 1.54) is 23.1 Å². The number of carbonyl (C=O) groups excluding carboxylic acids is 1. The Balaban J connectivity index is 2.08. The van der Waals surface area contributed by atoms with Gasteiger partial charge in [-0.05, 0) is 33.0 Å². The van der Waals surface area contributed by atoms with Gasteiger partial charge in [-0.15, -0.1) is 0 Å². The number of nitro groups is 1. The van der Waals surface area contributed by atoms with Crippen molar-refractivity contribution in [2.45, 2.75) is 12.8 Å². The predicted molar refractivity (Wildman–Crippen MR) is 85.1 cm³/mol. The molecule has 8 heteroatoms. The van der Waals surface area contributed by atoms with Crippen molar-refractivity contribution in [3.63, 3.8) is 0 Å². The summed E-state index contributed by atoms with van der Waals surface area (Å²) in [5.41, 5.74) is 0.440. The van der Waals surface area contributed by atoms with Crippen molar-refractivity contribution in [3.8, 4) is 5.75 Å². The molecule has 1 aliphatic heterocycles. The molecule has 0 atom stereocenters. The van der Waals surface area contributed by atoms with Gasteiger partial charge in [0.15, 0.2) is 0 Å². The van der Waals surface area contributed by atoms with E-state index in [9.17, 15) is 14.9 Å². The number of nitrogens with zero attached hydrogens (tertiary/aromatic N) is 3. The van der Waals surface area contributed by atoms with Crippen molar-refractivity contribution in [3.05, 3.63) is 28.3 Å². The van der Waals surface area contributed by atoms with Crippen LogP contribution in [0.15, 0.2) is 18.2 Å². The summed E-state index contributed by atoms with van der Waals surface area (Å²) in [4.78, 5) is 26.1. The molecule has 0 unspecified atom stereocenters. The average molecular weight is 323 g/mol. The Morgan fingerprint density at radius 1 is 1.48 bits per heavy atom. The van der Waals surface area contributed by atoms with Crippen LogP contribution in [0.3, 0.4) is 0 Å². The van der Waals surface area contributed by atoms with Crippen molar-refractivity contribution >= 4 is 17.5 Å². The fourth-order valence-corrected chi connectivity index (χ4v) is 2.29. The molecule has 1 aliphatic rings. The summed E-state index contributed by atoms with van der Waals surface area (Å²) in [7, 11) is 3.91. The number of benzene rings is 1. The number of carbonyl (C=O) groups is 1. The van der Waals surface area contributed by atoms with E-state index in [1.807, 2.05) is 19.0 Å². The molecule has 0 bridgehead atoms. The lowest BCUT2D eigenvalue weighted by Gasteiger charge is -2.21. The minimum atomic E-state index is -0.488. The van der Waals surface area contributed by atoms with Gasteiger partial charge in [-0.3, -0.25) is 15.0 Å². The van der Waals surface area contributed by atoms with Gasteiger partial charge in [0.1, 0.15) is 5.75 Å². The number of non-ortho nitro benzene ring substituents is 1. The summed E-state index contributed by atoms with van der Waals surface area (Å²) in [6.45, 7) is 2.02. The zero-order valence-corrected chi connectivity index (χ0v) is 13.4. The van der Waals surface area contributed by atoms with Crippen molar-refractivity contribution in [2.24, 2.45) is 0 Å². The Bertz CT molecular complexity index is 576. The molecule has 23 heavy (non-hydrogen) atoms. The Hall–Kier alpha value is -2.35. The molecule has 0 spiro atoms.